The van der Waals surface area contributed by atoms with Crippen molar-refractivity contribution in [2.75, 3.05) is 11.1 Å². The van der Waals surface area contributed by atoms with Crippen molar-refractivity contribution in [1.29, 1.82) is 0 Å². The zero-order valence-electron chi connectivity index (χ0n) is 13.4. The van der Waals surface area contributed by atoms with E-state index < -0.39 is 0 Å². The summed E-state index contributed by atoms with van der Waals surface area (Å²) in [6.07, 6.45) is 3.21. The van der Waals surface area contributed by atoms with Crippen LogP contribution in [0.5, 0.6) is 0 Å². The topological polar surface area (TPSA) is 85.6 Å². The van der Waals surface area contributed by atoms with E-state index >= 15 is 0 Å². The van der Waals surface area contributed by atoms with Crippen molar-refractivity contribution in [3.63, 3.8) is 0 Å². The molecule has 23 heavy (non-hydrogen) atoms. The Morgan fingerprint density at radius 2 is 2.13 bits per heavy atom. The number of nitrogens with one attached hydrogen (secondary N) is 1. The molecule has 0 atom stereocenters. The molecule has 1 amide bonds. The molecule has 0 radical (unpaired) electrons. The third kappa shape index (κ3) is 3.89. The molecule has 2 heterocycles. The summed E-state index contributed by atoms with van der Waals surface area (Å²) < 4.78 is 2.18. The highest BCUT2D eigenvalue weighted by molar-refractivity contribution is 7.99. The second-order valence-electron chi connectivity index (χ2n) is 5.79. The van der Waals surface area contributed by atoms with Gasteiger partial charge in [0.15, 0.2) is 5.16 Å². The molecule has 9 heteroatoms. The average Bonchev–Trinajstić information content (AvgIpc) is 3.10. The van der Waals surface area contributed by atoms with Crippen molar-refractivity contribution in [3.05, 3.63) is 10.8 Å². The van der Waals surface area contributed by atoms with Crippen LogP contribution in [0.25, 0.3) is 0 Å². The van der Waals surface area contributed by atoms with E-state index in [1.165, 1.54) is 35.9 Å². The normalized spacial score (nSPS) is 14.4. The standard InChI is InChI=1S/C14H20N6OS2/c1-4-10-16-19-14(20(10)9-5-6-9)22-7-11(21)15-13-18-17-12(23-13)8(2)3/h8-9H,4-7H2,1-3H3,(H,15,18,21). The van der Waals surface area contributed by atoms with Gasteiger partial charge in [-0.2, -0.15) is 0 Å². The van der Waals surface area contributed by atoms with Crippen LogP contribution < -0.4 is 5.32 Å². The van der Waals surface area contributed by atoms with Crippen LogP contribution in [0.4, 0.5) is 5.13 Å². The molecule has 1 aliphatic carbocycles. The number of thioether (sulfide) groups is 1. The molecule has 0 aliphatic heterocycles. The van der Waals surface area contributed by atoms with E-state index in [2.05, 4.69) is 51.0 Å². The smallest absolute Gasteiger partial charge is 0.236 e. The third-order valence-electron chi connectivity index (χ3n) is 3.48. The summed E-state index contributed by atoms with van der Waals surface area (Å²) in [5.41, 5.74) is 0. The predicted molar refractivity (Wildman–Crippen MR) is 91.0 cm³/mol. The number of carbonyl (C=O) groups is 1. The number of nitrogens with zero attached hydrogens (tertiary/aromatic N) is 5. The van der Waals surface area contributed by atoms with E-state index in [0.29, 0.717) is 22.8 Å². The van der Waals surface area contributed by atoms with Gasteiger partial charge in [0, 0.05) is 18.4 Å². The highest BCUT2D eigenvalue weighted by Crippen LogP contribution is 2.38. The first-order chi connectivity index (χ1) is 11.1. The van der Waals surface area contributed by atoms with Crippen LogP contribution in [0.1, 0.15) is 56.4 Å². The molecular formula is C14H20N6OS2. The first-order valence-electron chi connectivity index (χ1n) is 7.78. The Kier molecular flexibility index (Phi) is 4.96. The minimum atomic E-state index is -0.0927. The lowest BCUT2D eigenvalue weighted by Crippen LogP contribution is -2.14. The number of hydrogen-bond donors (Lipinski definition) is 1. The van der Waals surface area contributed by atoms with Gasteiger partial charge in [-0.15, -0.1) is 20.4 Å². The van der Waals surface area contributed by atoms with Crippen molar-refractivity contribution < 1.29 is 4.79 Å². The van der Waals surface area contributed by atoms with Gasteiger partial charge >= 0.3 is 0 Å². The van der Waals surface area contributed by atoms with Crippen molar-refractivity contribution in [2.24, 2.45) is 0 Å². The van der Waals surface area contributed by atoms with Crippen LogP contribution in [0, 0.1) is 0 Å². The SMILES string of the molecule is CCc1nnc(SCC(=O)Nc2nnc(C(C)C)s2)n1C1CC1. The van der Waals surface area contributed by atoms with Crippen LogP contribution in [-0.4, -0.2) is 36.6 Å². The number of aromatic nitrogens is 5. The summed E-state index contributed by atoms with van der Waals surface area (Å²) in [5.74, 6) is 1.52. The molecule has 1 aliphatic rings. The molecule has 1 fully saturated rings. The van der Waals surface area contributed by atoms with E-state index in [9.17, 15) is 4.79 Å². The fourth-order valence-corrected chi connectivity index (χ4v) is 3.74. The number of amides is 1. The van der Waals surface area contributed by atoms with Gasteiger partial charge in [0.05, 0.1) is 5.75 Å². The van der Waals surface area contributed by atoms with Crippen LogP contribution in [0.15, 0.2) is 5.16 Å². The maximum atomic E-state index is 12.1. The Morgan fingerprint density at radius 1 is 1.35 bits per heavy atom. The van der Waals surface area contributed by atoms with Gasteiger partial charge in [0.2, 0.25) is 11.0 Å². The summed E-state index contributed by atoms with van der Waals surface area (Å²) in [7, 11) is 0. The zero-order valence-corrected chi connectivity index (χ0v) is 15.1. The monoisotopic (exact) mass is 352 g/mol. The van der Waals surface area contributed by atoms with E-state index in [4.69, 9.17) is 0 Å². The molecule has 2 aromatic rings. The molecule has 0 unspecified atom stereocenters. The van der Waals surface area contributed by atoms with Crippen molar-refractivity contribution in [3.8, 4) is 0 Å². The molecule has 1 N–H and O–H groups in total. The van der Waals surface area contributed by atoms with Crippen LogP contribution in [0.3, 0.4) is 0 Å². The number of hydrogen-bond acceptors (Lipinski definition) is 7. The van der Waals surface area contributed by atoms with Crippen molar-refractivity contribution >= 4 is 34.1 Å². The van der Waals surface area contributed by atoms with E-state index in [1.54, 1.807) is 0 Å². The molecule has 0 spiro atoms. The molecule has 0 saturated heterocycles. The number of aryl methyl sites for hydroxylation is 1. The molecule has 0 aromatic carbocycles. The second-order valence-corrected chi connectivity index (χ2v) is 7.74. The maximum absolute atomic E-state index is 12.1. The number of carbonyl (C=O) groups excluding carboxylic acids is 1. The average molecular weight is 352 g/mol. The van der Waals surface area contributed by atoms with Gasteiger partial charge in [0.25, 0.3) is 0 Å². The van der Waals surface area contributed by atoms with Gasteiger partial charge < -0.3 is 4.57 Å². The highest BCUT2D eigenvalue weighted by Gasteiger charge is 2.29. The number of anilines is 1. The number of rotatable bonds is 7. The minimum Gasteiger partial charge on any atom is -0.303 e. The van der Waals surface area contributed by atoms with Crippen LogP contribution >= 0.6 is 23.1 Å². The fourth-order valence-electron chi connectivity index (χ4n) is 2.15. The van der Waals surface area contributed by atoms with E-state index in [0.717, 1.165) is 22.4 Å². The van der Waals surface area contributed by atoms with Gasteiger partial charge in [-0.25, -0.2) is 0 Å². The maximum Gasteiger partial charge on any atom is 0.236 e. The largest absolute Gasteiger partial charge is 0.303 e. The lowest BCUT2D eigenvalue weighted by molar-refractivity contribution is -0.113. The van der Waals surface area contributed by atoms with Crippen LogP contribution in [-0.2, 0) is 11.2 Å². The molecule has 1 saturated carbocycles. The Labute approximate surface area is 143 Å². The molecule has 124 valence electrons. The minimum absolute atomic E-state index is 0.0927. The van der Waals surface area contributed by atoms with Crippen molar-refractivity contribution in [1.82, 2.24) is 25.0 Å². The van der Waals surface area contributed by atoms with E-state index in [1.807, 2.05) is 0 Å². The molecular weight excluding hydrogens is 332 g/mol. The molecule has 2 aromatic heterocycles. The van der Waals surface area contributed by atoms with Gasteiger partial charge in [-0.3, -0.25) is 10.1 Å². The first-order valence-corrected chi connectivity index (χ1v) is 9.58. The Morgan fingerprint density at radius 3 is 2.74 bits per heavy atom. The second kappa shape index (κ2) is 6.96. The zero-order chi connectivity index (χ0) is 16.4. The Balaban J connectivity index is 1.57. The first kappa shape index (κ1) is 16.4. The third-order valence-corrected chi connectivity index (χ3v) is 5.56. The van der Waals surface area contributed by atoms with E-state index in [-0.39, 0.29) is 5.91 Å². The quantitative estimate of drug-likeness (QED) is 0.771. The molecule has 3 rings (SSSR count). The highest BCUT2D eigenvalue weighted by atomic mass is 32.2. The molecule has 0 bridgehead atoms. The summed E-state index contributed by atoms with van der Waals surface area (Å²) >= 11 is 2.85. The molecule has 7 nitrogen and oxygen atoms in total. The fraction of sp³-hybridized carbons (Fsp3) is 0.643. The van der Waals surface area contributed by atoms with Gasteiger partial charge in [0.1, 0.15) is 10.8 Å². The summed E-state index contributed by atoms with van der Waals surface area (Å²) in [5, 5.41) is 21.6. The summed E-state index contributed by atoms with van der Waals surface area (Å²) in [6, 6.07) is 0.516. The van der Waals surface area contributed by atoms with Gasteiger partial charge in [-0.1, -0.05) is 43.9 Å². The lowest BCUT2D eigenvalue weighted by Gasteiger charge is -2.07. The Bertz CT molecular complexity index is 691. The lowest BCUT2D eigenvalue weighted by atomic mass is 10.2. The summed E-state index contributed by atoms with van der Waals surface area (Å²) in [4.78, 5) is 12.1. The summed E-state index contributed by atoms with van der Waals surface area (Å²) in [6.45, 7) is 6.18. The van der Waals surface area contributed by atoms with Crippen LogP contribution in [0.2, 0.25) is 0 Å². The van der Waals surface area contributed by atoms with Gasteiger partial charge in [-0.05, 0) is 12.8 Å². The Hall–Kier alpha value is -1.48. The predicted octanol–water partition coefficient (Wildman–Crippen LogP) is 2.88. The van der Waals surface area contributed by atoms with Crippen molar-refractivity contribution in [2.45, 2.75) is 57.1 Å².